The zero-order chi connectivity index (χ0) is 15.7. The number of nitrogens with one attached hydrogen (secondary N) is 2. The lowest BCUT2D eigenvalue weighted by molar-refractivity contribution is 0.00606. The van der Waals surface area contributed by atoms with Gasteiger partial charge in [-0.25, -0.2) is 8.42 Å². The smallest absolute Gasteiger partial charge is 0.272 e. The van der Waals surface area contributed by atoms with Crippen molar-refractivity contribution in [2.24, 2.45) is 0 Å². The molecule has 0 radical (unpaired) electrons. The van der Waals surface area contributed by atoms with Gasteiger partial charge in [-0.1, -0.05) is 0 Å². The molecule has 1 heterocycles. The summed E-state index contributed by atoms with van der Waals surface area (Å²) in [6.45, 7) is 1.87. The van der Waals surface area contributed by atoms with Gasteiger partial charge in [-0.2, -0.15) is 5.10 Å². The van der Waals surface area contributed by atoms with Crippen LogP contribution in [0.1, 0.15) is 41.7 Å². The lowest BCUT2D eigenvalue weighted by Gasteiger charge is -2.35. The predicted molar refractivity (Wildman–Crippen MR) is 77.7 cm³/mol. The highest BCUT2D eigenvalue weighted by Crippen LogP contribution is 2.31. The summed E-state index contributed by atoms with van der Waals surface area (Å²) in [4.78, 5) is 11.9. The van der Waals surface area contributed by atoms with Crippen LogP contribution < -0.4 is 5.32 Å². The van der Waals surface area contributed by atoms with Crippen molar-refractivity contribution in [2.75, 3.05) is 12.8 Å². The number of hydrogen-bond donors (Lipinski definition) is 3. The van der Waals surface area contributed by atoms with E-state index in [0.29, 0.717) is 31.4 Å². The molecule has 0 bridgehead atoms. The Morgan fingerprint density at radius 2 is 2.14 bits per heavy atom. The normalized spacial score (nSPS) is 26.5. The predicted octanol–water partition coefficient (Wildman–Crippen LogP) is 0.166. The molecule has 0 unspecified atom stereocenters. The van der Waals surface area contributed by atoms with Crippen molar-refractivity contribution in [1.82, 2.24) is 15.5 Å². The fourth-order valence-corrected chi connectivity index (χ4v) is 3.73. The number of aromatic amines is 1. The largest absolute Gasteiger partial charge is 0.388 e. The molecule has 0 spiro atoms. The number of nitrogens with zero attached hydrogens (tertiary/aromatic N) is 1. The molecule has 118 valence electrons. The molecule has 0 saturated heterocycles. The van der Waals surface area contributed by atoms with Crippen LogP contribution >= 0.6 is 0 Å². The highest BCUT2D eigenvalue weighted by atomic mass is 32.2. The molecule has 7 nitrogen and oxygen atoms in total. The molecule has 1 aliphatic rings. The molecule has 0 aliphatic heterocycles. The summed E-state index contributed by atoms with van der Waals surface area (Å²) in [6.07, 6.45) is 4.43. The molecule has 3 N–H and O–H groups in total. The first-order chi connectivity index (χ1) is 9.71. The Labute approximate surface area is 124 Å². The number of aryl methyl sites for hydroxylation is 1. The van der Waals surface area contributed by atoms with Gasteiger partial charge in [0.05, 0.1) is 10.9 Å². The molecule has 1 fully saturated rings. The topological polar surface area (TPSA) is 112 Å². The van der Waals surface area contributed by atoms with E-state index in [4.69, 9.17) is 0 Å². The fraction of sp³-hybridized carbons (Fsp3) is 0.692. The van der Waals surface area contributed by atoms with Gasteiger partial charge < -0.3 is 10.4 Å². The Morgan fingerprint density at radius 1 is 1.52 bits per heavy atom. The molecule has 21 heavy (non-hydrogen) atoms. The van der Waals surface area contributed by atoms with Crippen molar-refractivity contribution in [3.63, 3.8) is 0 Å². The van der Waals surface area contributed by atoms with Gasteiger partial charge in [0.2, 0.25) is 0 Å². The fourth-order valence-electron chi connectivity index (χ4n) is 2.64. The zero-order valence-electron chi connectivity index (χ0n) is 12.2. The number of carbonyl (C=O) groups is 1. The number of aromatic nitrogens is 2. The van der Waals surface area contributed by atoms with Crippen LogP contribution in [0.3, 0.4) is 0 Å². The van der Waals surface area contributed by atoms with Crippen LogP contribution in [-0.2, 0) is 9.84 Å². The van der Waals surface area contributed by atoms with Crippen molar-refractivity contribution in [3.8, 4) is 0 Å². The first-order valence-corrected chi connectivity index (χ1v) is 8.86. The molecule has 1 amide bonds. The first kappa shape index (κ1) is 16.0. The summed E-state index contributed by atoms with van der Waals surface area (Å²) >= 11 is 0. The molecule has 2 rings (SSSR count). The number of H-pyrrole nitrogens is 1. The van der Waals surface area contributed by atoms with Gasteiger partial charge in [-0.05, 0) is 38.2 Å². The number of sulfone groups is 1. The van der Waals surface area contributed by atoms with E-state index in [1.807, 2.05) is 0 Å². The van der Waals surface area contributed by atoms with Crippen molar-refractivity contribution in [1.29, 1.82) is 0 Å². The highest BCUT2D eigenvalue weighted by molar-refractivity contribution is 7.91. The van der Waals surface area contributed by atoms with Gasteiger partial charge in [0, 0.05) is 19.0 Å². The van der Waals surface area contributed by atoms with Gasteiger partial charge in [0.25, 0.3) is 5.91 Å². The summed E-state index contributed by atoms with van der Waals surface area (Å²) in [5.74, 6) is -0.340. The molecular weight excluding hydrogens is 294 g/mol. The molecule has 1 aromatic heterocycles. The summed E-state index contributed by atoms with van der Waals surface area (Å²) < 4.78 is 23.0. The van der Waals surface area contributed by atoms with Crippen molar-refractivity contribution in [2.45, 2.75) is 43.5 Å². The van der Waals surface area contributed by atoms with Crippen LogP contribution in [-0.4, -0.2) is 53.3 Å². The lowest BCUT2D eigenvalue weighted by atomic mass is 9.84. The lowest BCUT2D eigenvalue weighted by Crippen LogP contribution is -2.47. The Bertz CT molecular complexity index is 615. The van der Waals surface area contributed by atoms with E-state index in [1.165, 1.54) is 6.26 Å². The quantitative estimate of drug-likeness (QED) is 0.733. The number of amides is 1. The van der Waals surface area contributed by atoms with Gasteiger partial charge in [0.15, 0.2) is 5.69 Å². The summed E-state index contributed by atoms with van der Waals surface area (Å²) in [5, 5.41) is 19.2. The second kappa shape index (κ2) is 5.76. The minimum Gasteiger partial charge on any atom is -0.388 e. The van der Waals surface area contributed by atoms with Gasteiger partial charge in [-0.15, -0.1) is 0 Å². The molecule has 8 heteroatoms. The van der Waals surface area contributed by atoms with E-state index in [9.17, 15) is 18.3 Å². The van der Waals surface area contributed by atoms with E-state index in [1.54, 1.807) is 13.1 Å². The maximum Gasteiger partial charge on any atom is 0.272 e. The molecule has 1 aliphatic carbocycles. The Hall–Kier alpha value is -1.41. The van der Waals surface area contributed by atoms with E-state index in [-0.39, 0.29) is 17.7 Å². The third-order valence-electron chi connectivity index (χ3n) is 4.09. The highest BCUT2D eigenvalue weighted by Gasteiger charge is 2.37. The third-order valence-corrected chi connectivity index (χ3v) is 5.78. The van der Waals surface area contributed by atoms with Crippen LogP contribution in [0.5, 0.6) is 0 Å². The monoisotopic (exact) mass is 315 g/mol. The van der Waals surface area contributed by atoms with Crippen LogP contribution in [0, 0.1) is 6.92 Å². The minimum absolute atomic E-state index is 0.106. The number of hydrogen-bond acceptors (Lipinski definition) is 5. The van der Waals surface area contributed by atoms with E-state index in [2.05, 4.69) is 15.5 Å². The standard InChI is InChI=1S/C13H21N3O4S/c1-9-7-15-16-11(9)12(17)14-8-13(18)5-3-10(4-6-13)21(2,19)20/h7,10,18H,3-6,8H2,1-2H3,(H,14,17)(H,15,16)/t10-,13+. The summed E-state index contributed by atoms with van der Waals surface area (Å²) in [7, 11) is -3.06. The second-order valence-corrected chi connectivity index (χ2v) is 8.18. The van der Waals surface area contributed by atoms with E-state index < -0.39 is 15.4 Å². The third kappa shape index (κ3) is 3.82. The van der Waals surface area contributed by atoms with Crippen LogP contribution in [0.4, 0.5) is 0 Å². The maximum atomic E-state index is 11.9. The van der Waals surface area contributed by atoms with Crippen molar-refractivity contribution < 1.29 is 18.3 Å². The van der Waals surface area contributed by atoms with Crippen LogP contribution in [0.15, 0.2) is 6.20 Å². The van der Waals surface area contributed by atoms with Gasteiger partial charge >= 0.3 is 0 Å². The van der Waals surface area contributed by atoms with Crippen LogP contribution in [0.2, 0.25) is 0 Å². The summed E-state index contributed by atoms with van der Waals surface area (Å²) in [6, 6.07) is 0. The van der Waals surface area contributed by atoms with E-state index >= 15 is 0 Å². The average Bonchev–Trinajstić information content (AvgIpc) is 2.82. The Balaban J connectivity index is 1.89. The summed E-state index contributed by atoms with van der Waals surface area (Å²) in [5.41, 5.74) is 0.00448. The zero-order valence-corrected chi connectivity index (χ0v) is 13.0. The van der Waals surface area contributed by atoms with Gasteiger partial charge in [0.1, 0.15) is 9.84 Å². The Morgan fingerprint density at radius 3 is 2.62 bits per heavy atom. The Kier molecular flexibility index (Phi) is 4.38. The maximum absolute atomic E-state index is 11.9. The van der Waals surface area contributed by atoms with E-state index in [0.717, 1.165) is 5.56 Å². The van der Waals surface area contributed by atoms with Gasteiger partial charge in [-0.3, -0.25) is 9.89 Å². The van der Waals surface area contributed by atoms with Crippen LogP contribution in [0.25, 0.3) is 0 Å². The van der Waals surface area contributed by atoms with Crippen molar-refractivity contribution >= 4 is 15.7 Å². The average molecular weight is 315 g/mol. The molecular formula is C13H21N3O4S. The van der Waals surface area contributed by atoms with Crippen molar-refractivity contribution in [3.05, 3.63) is 17.5 Å². The number of carbonyl (C=O) groups excluding carboxylic acids is 1. The molecule has 0 atom stereocenters. The second-order valence-electron chi connectivity index (χ2n) is 5.85. The molecule has 0 aromatic carbocycles. The first-order valence-electron chi connectivity index (χ1n) is 6.91. The number of rotatable bonds is 4. The molecule has 1 saturated carbocycles. The SMILES string of the molecule is Cc1c[nH]nc1C(=O)NC[C@]1(O)CC[C@@H](S(C)(=O)=O)CC1. The minimum atomic E-state index is -3.06. The number of aliphatic hydroxyl groups is 1. The molecule has 1 aromatic rings.